The average molecular weight is 443 g/mol. The van der Waals surface area contributed by atoms with Gasteiger partial charge in [-0.1, -0.05) is 31.2 Å². The molecule has 2 heterocycles. The summed E-state index contributed by atoms with van der Waals surface area (Å²) in [6.07, 6.45) is 2.13. The van der Waals surface area contributed by atoms with Crippen molar-refractivity contribution in [3.63, 3.8) is 0 Å². The molecule has 30 heavy (non-hydrogen) atoms. The maximum Gasteiger partial charge on any atom is 0.270 e. The maximum absolute atomic E-state index is 13.6. The molecule has 8 heteroatoms. The largest absolute Gasteiger partial charge is 0.360 e. The maximum atomic E-state index is 13.6. The molecular formula is C22H19FN2O3S2. The van der Waals surface area contributed by atoms with Gasteiger partial charge in [-0.2, -0.15) is 0 Å². The van der Waals surface area contributed by atoms with Crippen LogP contribution in [0.5, 0.6) is 0 Å². The van der Waals surface area contributed by atoms with Crippen LogP contribution in [0.4, 0.5) is 15.8 Å². The number of nitrogens with one attached hydrogen (secondary N) is 1. The van der Waals surface area contributed by atoms with E-state index in [4.69, 9.17) is 0 Å². The Labute approximate surface area is 178 Å². The van der Waals surface area contributed by atoms with Crippen LogP contribution in [0.3, 0.4) is 0 Å². The number of sulfonamides is 1. The summed E-state index contributed by atoms with van der Waals surface area (Å²) in [5.41, 5.74) is 2.64. The molecule has 3 aromatic rings. The number of nitrogens with zero attached hydrogens (tertiary/aromatic N) is 1. The number of hydrogen-bond donors (Lipinski definition) is 1. The summed E-state index contributed by atoms with van der Waals surface area (Å²) in [7, 11) is -4.12. The zero-order valence-electron chi connectivity index (χ0n) is 16.1. The molecular weight excluding hydrogens is 423 g/mol. The van der Waals surface area contributed by atoms with Gasteiger partial charge in [-0.05, 0) is 53.3 Å². The van der Waals surface area contributed by atoms with E-state index in [1.54, 1.807) is 17.5 Å². The van der Waals surface area contributed by atoms with Crippen LogP contribution < -0.4 is 9.62 Å². The number of aryl methyl sites for hydroxylation is 1. The molecule has 0 saturated heterocycles. The Bertz CT molecular complexity index is 1230. The lowest BCUT2D eigenvalue weighted by molar-refractivity contribution is 0.104. The van der Waals surface area contributed by atoms with Gasteiger partial charge in [0.2, 0.25) is 5.78 Å². The first-order chi connectivity index (χ1) is 14.4. The average Bonchev–Trinajstić information content (AvgIpc) is 3.21. The lowest BCUT2D eigenvalue weighted by Gasteiger charge is -2.29. The first kappa shape index (κ1) is 20.3. The highest BCUT2D eigenvalue weighted by molar-refractivity contribution is 7.97. The summed E-state index contributed by atoms with van der Waals surface area (Å²) in [5, 5.41) is 4.60. The smallest absolute Gasteiger partial charge is 0.270 e. The third kappa shape index (κ3) is 3.76. The van der Waals surface area contributed by atoms with Crippen molar-refractivity contribution in [2.45, 2.75) is 19.9 Å². The minimum Gasteiger partial charge on any atom is -0.360 e. The minimum atomic E-state index is -4.12. The molecule has 0 unspecified atom stereocenters. The van der Waals surface area contributed by atoms with E-state index in [1.807, 2.05) is 31.2 Å². The molecule has 5 nitrogen and oxygen atoms in total. The van der Waals surface area contributed by atoms with E-state index in [-0.39, 0.29) is 11.4 Å². The SMILES string of the molecule is CCc1ccc(NC=C2C(=O)c3sccc3N(Cc3cccc(F)c3)S2(=O)=O)cc1. The van der Waals surface area contributed by atoms with Crippen molar-refractivity contribution in [3.05, 3.63) is 92.9 Å². The van der Waals surface area contributed by atoms with Gasteiger partial charge in [0.05, 0.1) is 12.2 Å². The van der Waals surface area contributed by atoms with Crippen molar-refractivity contribution >= 4 is 38.5 Å². The number of rotatable bonds is 5. The molecule has 1 aliphatic rings. The molecule has 0 aliphatic carbocycles. The first-order valence-corrected chi connectivity index (χ1v) is 11.7. The Kier molecular flexibility index (Phi) is 5.44. The Hall–Kier alpha value is -2.97. The molecule has 0 spiro atoms. The Morgan fingerprint density at radius 2 is 1.87 bits per heavy atom. The monoisotopic (exact) mass is 442 g/mol. The minimum absolute atomic E-state index is 0.0698. The molecule has 154 valence electrons. The van der Waals surface area contributed by atoms with E-state index in [1.165, 1.54) is 35.7 Å². The number of benzene rings is 2. The van der Waals surface area contributed by atoms with Crippen LogP contribution in [0.1, 0.15) is 27.7 Å². The van der Waals surface area contributed by atoms with Crippen LogP contribution in [0.15, 0.2) is 71.1 Å². The van der Waals surface area contributed by atoms with Gasteiger partial charge in [0.25, 0.3) is 10.0 Å². The molecule has 0 fully saturated rings. The Balaban J connectivity index is 1.71. The van der Waals surface area contributed by atoms with Gasteiger partial charge in [0.1, 0.15) is 10.7 Å². The van der Waals surface area contributed by atoms with Gasteiger partial charge in [0.15, 0.2) is 4.91 Å². The van der Waals surface area contributed by atoms with Crippen LogP contribution in [0.25, 0.3) is 0 Å². The number of hydrogen-bond acceptors (Lipinski definition) is 5. The normalized spacial score (nSPS) is 16.5. The van der Waals surface area contributed by atoms with E-state index in [0.717, 1.165) is 16.3 Å². The van der Waals surface area contributed by atoms with E-state index >= 15 is 0 Å². The lowest BCUT2D eigenvalue weighted by atomic mass is 10.1. The number of Topliss-reactive ketones (excluding diaryl/α,β-unsaturated/α-hetero) is 1. The number of ketones is 1. The van der Waals surface area contributed by atoms with Gasteiger partial charge in [-0.3, -0.25) is 9.10 Å². The molecule has 0 radical (unpaired) electrons. The van der Waals surface area contributed by atoms with Crippen molar-refractivity contribution in [2.75, 3.05) is 9.62 Å². The number of carbonyl (C=O) groups is 1. The highest BCUT2D eigenvalue weighted by atomic mass is 32.2. The van der Waals surface area contributed by atoms with Gasteiger partial charge < -0.3 is 5.32 Å². The highest BCUT2D eigenvalue weighted by Crippen LogP contribution is 2.39. The summed E-state index contributed by atoms with van der Waals surface area (Å²) in [6, 6.07) is 14.9. The molecule has 1 aromatic heterocycles. The standard InChI is InChI=1S/C22H19FN2O3S2/c1-2-15-6-8-18(9-7-15)24-13-20-21(26)22-19(10-11-29-22)25(30(20,27)28)14-16-4-3-5-17(23)12-16/h3-13,24H,2,14H2,1H3. The number of halogens is 1. The molecule has 0 bridgehead atoms. The number of fused-ring (bicyclic) bond motifs is 1. The molecule has 0 atom stereocenters. The van der Waals surface area contributed by atoms with Crippen molar-refractivity contribution in [3.8, 4) is 0 Å². The van der Waals surface area contributed by atoms with Crippen molar-refractivity contribution in [1.29, 1.82) is 0 Å². The summed E-state index contributed by atoms with van der Waals surface area (Å²) < 4.78 is 41.4. The second-order valence-electron chi connectivity index (χ2n) is 6.81. The Morgan fingerprint density at radius 3 is 2.57 bits per heavy atom. The van der Waals surface area contributed by atoms with Crippen LogP contribution >= 0.6 is 11.3 Å². The highest BCUT2D eigenvalue weighted by Gasteiger charge is 2.41. The molecule has 1 aliphatic heterocycles. The van der Waals surface area contributed by atoms with Crippen molar-refractivity contribution < 1.29 is 17.6 Å². The summed E-state index contributed by atoms with van der Waals surface area (Å²) in [6.45, 7) is 1.98. The van der Waals surface area contributed by atoms with Crippen LogP contribution in [0, 0.1) is 5.82 Å². The predicted molar refractivity (Wildman–Crippen MR) is 118 cm³/mol. The van der Waals surface area contributed by atoms with E-state index in [0.29, 0.717) is 21.8 Å². The summed E-state index contributed by atoms with van der Waals surface area (Å²) in [5.74, 6) is -0.996. The van der Waals surface area contributed by atoms with Crippen LogP contribution in [-0.4, -0.2) is 14.2 Å². The van der Waals surface area contributed by atoms with Gasteiger partial charge in [0, 0.05) is 11.9 Å². The van der Waals surface area contributed by atoms with Crippen molar-refractivity contribution in [1.82, 2.24) is 0 Å². The summed E-state index contributed by atoms with van der Waals surface area (Å²) in [4.78, 5) is 12.9. The molecule has 0 saturated carbocycles. The zero-order valence-corrected chi connectivity index (χ0v) is 17.8. The quantitative estimate of drug-likeness (QED) is 0.569. The topological polar surface area (TPSA) is 66.5 Å². The fraction of sp³-hybridized carbons (Fsp3) is 0.136. The van der Waals surface area contributed by atoms with E-state index < -0.39 is 21.6 Å². The van der Waals surface area contributed by atoms with Crippen molar-refractivity contribution in [2.24, 2.45) is 0 Å². The third-order valence-electron chi connectivity index (χ3n) is 4.86. The van der Waals surface area contributed by atoms with E-state index in [2.05, 4.69) is 5.32 Å². The summed E-state index contributed by atoms with van der Waals surface area (Å²) >= 11 is 1.18. The number of carbonyl (C=O) groups excluding carboxylic acids is 1. The second kappa shape index (κ2) is 8.04. The van der Waals surface area contributed by atoms with Gasteiger partial charge in [-0.15, -0.1) is 11.3 Å². The number of anilines is 2. The van der Waals surface area contributed by atoms with E-state index in [9.17, 15) is 17.6 Å². The van der Waals surface area contributed by atoms with Gasteiger partial charge in [-0.25, -0.2) is 12.8 Å². The van der Waals surface area contributed by atoms with Crippen LogP contribution in [0.2, 0.25) is 0 Å². The predicted octanol–water partition coefficient (Wildman–Crippen LogP) is 4.94. The lowest BCUT2D eigenvalue weighted by Crippen LogP contribution is -2.38. The number of thiophene rings is 1. The number of allylic oxidation sites excluding steroid dienone is 1. The first-order valence-electron chi connectivity index (χ1n) is 9.35. The zero-order chi connectivity index (χ0) is 21.3. The molecule has 2 aromatic carbocycles. The fourth-order valence-electron chi connectivity index (χ4n) is 3.24. The molecule has 1 N–H and O–H groups in total. The molecule has 0 amide bonds. The Morgan fingerprint density at radius 1 is 1.10 bits per heavy atom. The van der Waals surface area contributed by atoms with Gasteiger partial charge >= 0.3 is 0 Å². The second-order valence-corrected chi connectivity index (χ2v) is 9.56. The fourth-order valence-corrected chi connectivity index (χ4v) is 5.73. The van der Waals surface area contributed by atoms with Crippen LogP contribution in [-0.2, 0) is 23.0 Å². The molecule has 4 rings (SSSR count). The third-order valence-corrected chi connectivity index (χ3v) is 7.53.